The zero-order valence-electron chi connectivity index (χ0n) is 25.5. The largest absolute Gasteiger partial charge is 0.393 e. The zero-order valence-corrected chi connectivity index (χ0v) is 25.5. The molecule has 214 valence electrons. The molecule has 6 heteroatoms. The number of carbonyl (C=O) groups is 1. The Hall–Kier alpha value is -1.66. The summed E-state index contributed by atoms with van der Waals surface area (Å²) in [5.41, 5.74) is 7.08. The maximum absolute atomic E-state index is 12.7. The third-order valence-electron chi connectivity index (χ3n) is 11.1. The molecule has 2 unspecified atom stereocenters. The molecule has 4 aliphatic carbocycles. The molecule has 0 bridgehead atoms. The lowest BCUT2D eigenvalue weighted by atomic mass is 9.47. The lowest BCUT2D eigenvalue weighted by Gasteiger charge is -2.57. The first-order valence-corrected chi connectivity index (χ1v) is 15.2. The predicted octanol–water partition coefficient (Wildman–Crippen LogP) is 5.35. The smallest absolute Gasteiger partial charge is 0.259 e. The average molecular weight is 528 g/mol. The number of allylic oxidation sites excluding steroid dienone is 3. The van der Waals surface area contributed by atoms with Crippen LogP contribution < -0.4 is 5.43 Å². The quantitative estimate of drug-likeness (QED) is 0.330. The highest BCUT2D eigenvalue weighted by Crippen LogP contribution is 2.65. The van der Waals surface area contributed by atoms with E-state index in [1.54, 1.807) is 5.57 Å². The van der Waals surface area contributed by atoms with E-state index in [1.165, 1.54) is 24.8 Å². The molecule has 38 heavy (non-hydrogen) atoms. The Kier molecular flexibility index (Phi) is 8.55. The third kappa shape index (κ3) is 6.06. The van der Waals surface area contributed by atoms with E-state index >= 15 is 0 Å². The van der Waals surface area contributed by atoms with E-state index < -0.39 is 0 Å². The number of carbonyl (C=O) groups excluding carboxylic acids is 1. The molecule has 7 atom stereocenters. The Bertz CT molecular complexity index is 978. The minimum Gasteiger partial charge on any atom is -0.393 e. The van der Waals surface area contributed by atoms with Crippen molar-refractivity contribution in [3.05, 3.63) is 23.4 Å². The third-order valence-corrected chi connectivity index (χ3v) is 11.1. The highest BCUT2D eigenvalue weighted by molar-refractivity contribution is 5.97. The maximum Gasteiger partial charge on any atom is 0.259 e. The van der Waals surface area contributed by atoms with Gasteiger partial charge in [0, 0.05) is 13.5 Å². The van der Waals surface area contributed by atoms with Crippen LogP contribution in [0.1, 0.15) is 85.5 Å². The number of fused-ring (bicyclic) bond motifs is 5. The van der Waals surface area contributed by atoms with Crippen LogP contribution in [0.4, 0.5) is 0 Å². The lowest BCUT2D eigenvalue weighted by Crippen LogP contribution is -2.51. The molecule has 3 fully saturated rings. The fourth-order valence-corrected chi connectivity index (χ4v) is 8.36. The van der Waals surface area contributed by atoms with Gasteiger partial charge in [0.25, 0.3) is 5.91 Å². The zero-order chi connectivity index (χ0) is 27.9. The molecule has 1 amide bonds. The van der Waals surface area contributed by atoms with Crippen LogP contribution in [-0.2, 0) is 4.79 Å². The second-order valence-corrected chi connectivity index (χ2v) is 14.8. The Morgan fingerprint density at radius 2 is 1.92 bits per heavy atom. The Morgan fingerprint density at radius 3 is 2.63 bits per heavy atom. The van der Waals surface area contributed by atoms with Gasteiger partial charge < -0.3 is 14.5 Å². The molecule has 0 saturated heterocycles. The van der Waals surface area contributed by atoms with Gasteiger partial charge in [-0.2, -0.15) is 5.10 Å². The van der Waals surface area contributed by atoms with E-state index in [0.717, 1.165) is 67.1 Å². The summed E-state index contributed by atoms with van der Waals surface area (Å²) in [5.74, 6) is 2.57. The number of quaternary nitrogens is 1. The Morgan fingerprint density at radius 1 is 1.18 bits per heavy atom. The second kappa shape index (κ2) is 11.1. The van der Waals surface area contributed by atoms with Crippen molar-refractivity contribution in [2.45, 2.75) is 91.6 Å². The highest BCUT2D eigenvalue weighted by Gasteiger charge is 2.58. The van der Waals surface area contributed by atoms with E-state index in [-0.39, 0.29) is 22.8 Å². The van der Waals surface area contributed by atoms with Crippen LogP contribution in [0.25, 0.3) is 0 Å². The van der Waals surface area contributed by atoms with Gasteiger partial charge in [0.1, 0.15) is 0 Å². The lowest BCUT2D eigenvalue weighted by molar-refractivity contribution is -0.870. The van der Waals surface area contributed by atoms with Crippen molar-refractivity contribution in [2.24, 2.45) is 39.6 Å². The van der Waals surface area contributed by atoms with Crippen molar-refractivity contribution in [3.63, 3.8) is 0 Å². The summed E-state index contributed by atoms with van der Waals surface area (Å²) < 4.78 is 0.969. The minimum absolute atomic E-state index is 0.0649. The van der Waals surface area contributed by atoms with Gasteiger partial charge in [-0.05, 0) is 105 Å². The van der Waals surface area contributed by atoms with Gasteiger partial charge in [-0.1, -0.05) is 31.9 Å². The number of hydrogen-bond donors (Lipinski definition) is 2. The molecule has 0 heterocycles. The van der Waals surface area contributed by atoms with Crippen molar-refractivity contribution >= 4 is 11.6 Å². The normalized spacial score (nSPS) is 37.1. The fourth-order valence-electron chi connectivity index (χ4n) is 8.36. The Balaban J connectivity index is 1.33. The van der Waals surface area contributed by atoms with Crippen molar-refractivity contribution in [3.8, 4) is 0 Å². The molecule has 0 spiro atoms. The van der Waals surface area contributed by atoms with Crippen molar-refractivity contribution in [2.75, 3.05) is 41.3 Å². The first-order chi connectivity index (χ1) is 17.7. The molecule has 0 aliphatic heterocycles. The summed E-state index contributed by atoms with van der Waals surface area (Å²) >= 11 is 0. The first kappa shape index (κ1) is 29.3. The number of rotatable bonds is 8. The van der Waals surface area contributed by atoms with Gasteiger partial charge in [0.15, 0.2) is 0 Å². The Labute approximate surface area is 232 Å². The van der Waals surface area contributed by atoms with Gasteiger partial charge in [-0.25, -0.2) is 5.43 Å². The predicted molar refractivity (Wildman–Crippen MR) is 156 cm³/mol. The fraction of sp³-hybridized carbons (Fsp3) is 0.812. The van der Waals surface area contributed by atoms with Crippen LogP contribution in [-0.4, -0.2) is 73.5 Å². The molecule has 2 N–H and O–H groups in total. The van der Waals surface area contributed by atoms with Crippen molar-refractivity contribution in [1.29, 1.82) is 0 Å². The highest BCUT2D eigenvalue weighted by atomic mass is 16.3. The SMILES string of the molecule is C/C(=C\N(C)CC(=O)N/N=C1\C=C2CC[C@@H]3[C@H](CC[C@]4(C)C(O)CC[C@@H]34)[C@@]2(C)CC1)C(C)CC[N+](C)(C)C. The van der Waals surface area contributed by atoms with Gasteiger partial charge in [-0.3, -0.25) is 4.79 Å². The minimum atomic E-state index is -0.110. The van der Waals surface area contributed by atoms with Crippen LogP contribution in [0.5, 0.6) is 0 Å². The van der Waals surface area contributed by atoms with E-state index in [1.807, 2.05) is 11.9 Å². The van der Waals surface area contributed by atoms with Gasteiger partial charge >= 0.3 is 0 Å². The summed E-state index contributed by atoms with van der Waals surface area (Å²) in [5, 5.41) is 15.3. The van der Waals surface area contributed by atoms with Crippen LogP contribution in [0, 0.1) is 34.5 Å². The van der Waals surface area contributed by atoms with Crippen molar-refractivity contribution in [1.82, 2.24) is 10.3 Å². The number of hydrogen-bond acceptors (Lipinski definition) is 4. The summed E-state index contributed by atoms with van der Waals surface area (Å²) in [4.78, 5) is 14.6. The summed E-state index contributed by atoms with van der Waals surface area (Å²) in [6.07, 6.45) is 14.4. The molecule has 6 nitrogen and oxygen atoms in total. The second-order valence-electron chi connectivity index (χ2n) is 14.8. The molecule has 3 saturated carbocycles. The van der Waals surface area contributed by atoms with E-state index in [9.17, 15) is 9.90 Å². The van der Waals surface area contributed by atoms with Crippen LogP contribution in [0.15, 0.2) is 28.5 Å². The molecule has 4 aliphatic rings. The summed E-state index contributed by atoms with van der Waals surface area (Å²) in [6.45, 7) is 10.7. The maximum atomic E-state index is 12.7. The van der Waals surface area contributed by atoms with Gasteiger partial charge in [0.05, 0.1) is 46.0 Å². The molecule has 0 aromatic carbocycles. The van der Waals surface area contributed by atoms with Crippen LogP contribution in [0.3, 0.4) is 0 Å². The number of amides is 1. The average Bonchev–Trinajstić information content (AvgIpc) is 3.14. The number of nitrogens with zero attached hydrogens (tertiary/aromatic N) is 3. The standard InChI is InChI=1S/C32H54N4O2/c1-22(15-18-36(6,7)8)23(2)20-35(5)21-30(38)34-33-25-13-16-31(3)24(19-25)9-10-26-27-11-12-29(37)32(27,4)17-14-28(26)31/h19-20,22,26-29,37H,9-18,21H2,1-8H3/p+1/b23-20+,33-25-/t22?,26-,27-,28-,29?,31-,32-/m0/s1. The van der Waals surface area contributed by atoms with Gasteiger partial charge in [-0.15, -0.1) is 0 Å². The van der Waals surface area contributed by atoms with Crippen LogP contribution >= 0.6 is 0 Å². The molecular weight excluding hydrogens is 472 g/mol. The van der Waals surface area contributed by atoms with Crippen LogP contribution in [0.2, 0.25) is 0 Å². The van der Waals surface area contributed by atoms with E-state index in [2.05, 4.69) is 71.6 Å². The number of hydrazone groups is 1. The number of aliphatic hydroxyl groups excluding tert-OH is 1. The first-order valence-electron chi connectivity index (χ1n) is 15.2. The van der Waals surface area contributed by atoms with E-state index in [0.29, 0.717) is 18.4 Å². The molecule has 0 radical (unpaired) electrons. The monoisotopic (exact) mass is 527 g/mol. The number of likely N-dealkylation sites (N-methyl/N-ethyl adjacent to an activating group) is 1. The van der Waals surface area contributed by atoms with Crippen molar-refractivity contribution < 1.29 is 14.4 Å². The molecule has 0 aromatic heterocycles. The van der Waals surface area contributed by atoms with Gasteiger partial charge in [0.2, 0.25) is 0 Å². The van der Waals surface area contributed by atoms with E-state index in [4.69, 9.17) is 0 Å². The number of aliphatic hydroxyl groups is 1. The number of nitrogens with one attached hydrogen (secondary N) is 1. The topological polar surface area (TPSA) is 64.9 Å². The summed E-state index contributed by atoms with van der Waals surface area (Å²) in [7, 11) is 8.64. The molecular formula is C32H55N4O2+. The molecule has 0 aromatic rings. The molecule has 4 rings (SSSR count). The summed E-state index contributed by atoms with van der Waals surface area (Å²) in [6, 6.07) is 0.